The minimum absolute atomic E-state index is 0.250. The van der Waals surface area contributed by atoms with Gasteiger partial charge in [-0.25, -0.2) is 0 Å². The fraction of sp³-hybridized carbons (Fsp3) is 0.486. The van der Waals surface area contributed by atoms with Crippen LogP contribution >= 0.6 is 11.6 Å². The molecule has 0 atom stereocenters. The average molecular weight is 621 g/mol. The van der Waals surface area contributed by atoms with Crippen molar-refractivity contribution in [1.29, 1.82) is 0 Å². The molecule has 2 fully saturated rings. The van der Waals surface area contributed by atoms with Crippen LogP contribution in [0.4, 0.5) is 0 Å². The van der Waals surface area contributed by atoms with E-state index < -0.39 is 0 Å². The lowest BCUT2D eigenvalue weighted by Gasteiger charge is -2.27. The van der Waals surface area contributed by atoms with Gasteiger partial charge in [-0.05, 0) is 137 Å². The van der Waals surface area contributed by atoms with E-state index in [0.29, 0.717) is 0 Å². The molecule has 0 saturated carbocycles. The number of piperidine rings is 1. The summed E-state index contributed by atoms with van der Waals surface area (Å²) >= 11 is 6.85. The van der Waals surface area contributed by atoms with Gasteiger partial charge >= 0.3 is 0 Å². The van der Waals surface area contributed by atoms with E-state index in [-0.39, 0.29) is 6.47 Å². The van der Waals surface area contributed by atoms with Crippen molar-refractivity contribution in [2.24, 2.45) is 0 Å². The minimum Gasteiger partial charge on any atom is -0.496 e. The molecule has 2 aliphatic heterocycles. The van der Waals surface area contributed by atoms with Crippen molar-refractivity contribution < 1.29 is 19.4 Å². The van der Waals surface area contributed by atoms with Crippen LogP contribution in [0.5, 0.6) is 11.5 Å². The van der Waals surface area contributed by atoms with Gasteiger partial charge in [0, 0.05) is 23.7 Å². The Balaban J connectivity index is 0.00000141. The van der Waals surface area contributed by atoms with Crippen LogP contribution in [0.1, 0.15) is 66.3 Å². The second kappa shape index (κ2) is 17.4. The van der Waals surface area contributed by atoms with Gasteiger partial charge in [0.25, 0.3) is 6.47 Å². The molecule has 0 amide bonds. The normalized spacial score (nSPS) is 15.5. The number of nitrogens with zero attached hydrogens (tertiary/aromatic N) is 2. The van der Waals surface area contributed by atoms with Crippen LogP contribution in [0.3, 0.4) is 0 Å². The van der Waals surface area contributed by atoms with Crippen LogP contribution in [0.15, 0.2) is 48.5 Å². The first kappa shape index (κ1) is 33.8. The number of hydrogen-bond donors (Lipinski definition) is 1. The first-order valence-corrected chi connectivity index (χ1v) is 16.5. The molecule has 7 heteroatoms. The third-order valence-corrected chi connectivity index (χ3v) is 9.40. The topological polar surface area (TPSA) is 62.2 Å². The summed E-state index contributed by atoms with van der Waals surface area (Å²) in [5.41, 5.74) is 8.77. The number of ether oxygens (including phenoxy) is 2. The number of methoxy groups -OCH3 is 1. The monoisotopic (exact) mass is 620 g/mol. The molecule has 5 rings (SSSR count). The molecule has 1 N–H and O–H groups in total. The van der Waals surface area contributed by atoms with E-state index >= 15 is 0 Å². The van der Waals surface area contributed by atoms with Gasteiger partial charge in [-0.2, -0.15) is 0 Å². The van der Waals surface area contributed by atoms with Crippen molar-refractivity contribution in [3.05, 3.63) is 81.4 Å². The van der Waals surface area contributed by atoms with Crippen LogP contribution in [0.2, 0.25) is 5.02 Å². The van der Waals surface area contributed by atoms with E-state index in [1.165, 1.54) is 78.6 Å². The molecule has 3 aromatic rings. The molecule has 238 valence electrons. The predicted octanol–water partition coefficient (Wildman–Crippen LogP) is 7.97. The molecule has 44 heavy (non-hydrogen) atoms. The molecule has 0 aromatic heterocycles. The SMILES string of the molecule is COc1cc(CCc2cccc(-c3cccc(OCCCN4CCCC4)c3C)c2C)c(Cl)cc1CN1CCCCC1.O=CO. The molecule has 0 radical (unpaired) electrons. The highest BCUT2D eigenvalue weighted by atomic mass is 35.5. The molecule has 2 saturated heterocycles. The lowest BCUT2D eigenvalue weighted by Crippen LogP contribution is -2.29. The molecule has 0 unspecified atom stereocenters. The maximum Gasteiger partial charge on any atom is 0.290 e. The van der Waals surface area contributed by atoms with Crippen LogP contribution < -0.4 is 9.47 Å². The van der Waals surface area contributed by atoms with Crippen molar-refractivity contribution in [3.8, 4) is 22.6 Å². The molecular weight excluding hydrogens is 572 g/mol. The summed E-state index contributed by atoms with van der Waals surface area (Å²) < 4.78 is 12.1. The molecular formula is C37H49ClN2O4. The third kappa shape index (κ3) is 9.23. The highest BCUT2D eigenvalue weighted by Gasteiger charge is 2.17. The van der Waals surface area contributed by atoms with E-state index in [1.807, 2.05) is 0 Å². The zero-order valence-electron chi connectivity index (χ0n) is 26.7. The van der Waals surface area contributed by atoms with Crippen LogP contribution in [-0.4, -0.2) is 67.8 Å². The summed E-state index contributed by atoms with van der Waals surface area (Å²) in [5, 5.41) is 7.73. The number of rotatable bonds is 12. The molecule has 3 aromatic carbocycles. The number of carboxylic acid groups (broad SMARTS) is 1. The molecule has 0 aliphatic carbocycles. The Morgan fingerprint density at radius 2 is 1.41 bits per heavy atom. The van der Waals surface area contributed by atoms with Crippen molar-refractivity contribution in [1.82, 2.24) is 9.80 Å². The summed E-state index contributed by atoms with van der Waals surface area (Å²) in [4.78, 5) is 13.4. The first-order chi connectivity index (χ1) is 21.4. The Morgan fingerprint density at radius 1 is 0.795 bits per heavy atom. The predicted molar refractivity (Wildman–Crippen MR) is 180 cm³/mol. The Hall–Kier alpha value is -3.06. The average Bonchev–Trinajstić information content (AvgIpc) is 3.55. The Kier molecular flexibility index (Phi) is 13.4. The Morgan fingerprint density at radius 3 is 2.11 bits per heavy atom. The van der Waals surface area contributed by atoms with Gasteiger partial charge in [0.2, 0.25) is 0 Å². The van der Waals surface area contributed by atoms with Crippen molar-refractivity contribution in [3.63, 3.8) is 0 Å². The van der Waals surface area contributed by atoms with E-state index in [4.69, 9.17) is 31.0 Å². The maximum absolute atomic E-state index is 8.36. The summed E-state index contributed by atoms with van der Waals surface area (Å²) in [6.07, 6.45) is 9.46. The summed E-state index contributed by atoms with van der Waals surface area (Å²) in [6, 6.07) is 17.4. The second-order valence-corrected chi connectivity index (χ2v) is 12.4. The number of benzene rings is 3. The van der Waals surface area contributed by atoms with Crippen molar-refractivity contribution >= 4 is 18.1 Å². The lowest BCUT2D eigenvalue weighted by atomic mass is 9.91. The van der Waals surface area contributed by atoms with Crippen LogP contribution in [0.25, 0.3) is 11.1 Å². The summed E-state index contributed by atoms with van der Waals surface area (Å²) in [5.74, 6) is 1.95. The zero-order valence-corrected chi connectivity index (χ0v) is 27.5. The highest BCUT2D eigenvalue weighted by Crippen LogP contribution is 2.35. The maximum atomic E-state index is 8.36. The van der Waals surface area contributed by atoms with E-state index in [9.17, 15) is 0 Å². The summed E-state index contributed by atoms with van der Waals surface area (Å²) in [7, 11) is 1.77. The van der Waals surface area contributed by atoms with Gasteiger partial charge < -0.3 is 19.5 Å². The summed E-state index contributed by atoms with van der Waals surface area (Å²) in [6.45, 7) is 11.8. The van der Waals surface area contributed by atoms with Crippen LogP contribution in [0, 0.1) is 13.8 Å². The number of likely N-dealkylation sites (tertiary alicyclic amines) is 2. The first-order valence-electron chi connectivity index (χ1n) is 16.1. The number of carbonyl (C=O) groups is 1. The minimum atomic E-state index is -0.250. The molecule has 2 heterocycles. The van der Waals surface area contributed by atoms with Crippen LogP contribution in [-0.2, 0) is 24.2 Å². The number of aryl methyl sites for hydroxylation is 2. The van der Waals surface area contributed by atoms with E-state index in [2.05, 4.69) is 72.2 Å². The fourth-order valence-electron chi connectivity index (χ4n) is 6.55. The quantitative estimate of drug-likeness (QED) is 0.164. The fourth-order valence-corrected chi connectivity index (χ4v) is 6.84. The standard InChI is InChI=1S/C36H47ClN2O2.CH2O2/c1-27-29(16-17-30-25-36(40-3)31(24-34(30)37)26-39-20-5-4-6-21-39)12-9-13-32(27)33-14-10-15-35(28(33)2)41-23-11-22-38-18-7-8-19-38;2-1-3/h9-10,12-15,24-25H,4-8,11,16-23,26H2,1-3H3;1H,(H,2,3). The van der Waals surface area contributed by atoms with Gasteiger partial charge in [0.15, 0.2) is 0 Å². The van der Waals surface area contributed by atoms with Gasteiger partial charge in [-0.3, -0.25) is 9.69 Å². The van der Waals surface area contributed by atoms with Gasteiger partial charge in [-0.15, -0.1) is 0 Å². The number of hydrogen-bond acceptors (Lipinski definition) is 5. The smallest absolute Gasteiger partial charge is 0.290 e. The van der Waals surface area contributed by atoms with E-state index in [1.54, 1.807) is 7.11 Å². The molecule has 0 bridgehead atoms. The lowest BCUT2D eigenvalue weighted by molar-refractivity contribution is -0.122. The molecule has 0 spiro atoms. The number of halogens is 1. The Labute approximate surface area is 268 Å². The van der Waals surface area contributed by atoms with Gasteiger partial charge in [0.1, 0.15) is 11.5 Å². The van der Waals surface area contributed by atoms with Crippen molar-refractivity contribution in [2.75, 3.05) is 46.4 Å². The van der Waals surface area contributed by atoms with E-state index in [0.717, 1.165) is 74.1 Å². The second-order valence-electron chi connectivity index (χ2n) is 12.0. The van der Waals surface area contributed by atoms with Crippen molar-refractivity contribution in [2.45, 2.75) is 71.8 Å². The third-order valence-electron chi connectivity index (χ3n) is 9.05. The Bertz CT molecular complexity index is 1350. The zero-order chi connectivity index (χ0) is 31.3. The molecule has 6 nitrogen and oxygen atoms in total. The van der Waals surface area contributed by atoms with Gasteiger partial charge in [-0.1, -0.05) is 48.4 Å². The molecule has 2 aliphatic rings. The largest absolute Gasteiger partial charge is 0.496 e. The van der Waals surface area contributed by atoms with Gasteiger partial charge in [0.05, 0.1) is 13.7 Å². The highest BCUT2D eigenvalue weighted by molar-refractivity contribution is 6.31.